The Bertz CT molecular complexity index is 739. The second-order valence-electron chi connectivity index (χ2n) is 15.3. The van der Waals surface area contributed by atoms with E-state index in [0.717, 1.165) is 38.5 Å². The summed E-state index contributed by atoms with van der Waals surface area (Å²) in [6.07, 6.45) is 49.2. The molecule has 0 aromatic heterocycles. The van der Waals surface area contributed by atoms with Crippen LogP contribution in [-0.2, 0) is 4.79 Å². The molecule has 5 nitrogen and oxygen atoms in total. The van der Waals surface area contributed by atoms with E-state index in [4.69, 9.17) is 0 Å². The Morgan fingerprint density at radius 1 is 0.480 bits per heavy atom. The van der Waals surface area contributed by atoms with Gasteiger partial charge in [0.05, 0.1) is 18.8 Å². The topological polar surface area (TPSA) is 89.8 Å². The van der Waals surface area contributed by atoms with Crippen molar-refractivity contribution in [2.24, 2.45) is 0 Å². The number of rotatable bonds is 40. The Hall–Kier alpha value is -1.17. The van der Waals surface area contributed by atoms with Crippen LogP contribution in [0.5, 0.6) is 0 Å². The highest BCUT2D eigenvalue weighted by Gasteiger charge is 2.22. The molecule has 0 aromatic carbocycles. The molecule has 4 N–H and O–H groups in total. The molecule has 0 spiro atoms. The third-order valence-electron chi connectivity index (χ3n) is 10.3. The average Bonchev–Trinajstić information content (AvgIpc) is 3.12. The van der Waals surface area contributed by atoms with Gasteiger partial charge in [0, 0.05) is 0 Å². The molecule has 0 saturated heterocycles. The number of hydrogen-bond donors (Lipinski definition) is 4. The standard InChI is InChI=1S/C45H87NO4/c1-3-5-7-9-11-13-15-17-19-21-23-25-27-29-31-33-35-37-39-43(48)42(41-47)46-45(50)44(49)40-38-36-34-32-30-28-26-24-22-20-18-16-14-12-10-8-6-4-2/h29,31,37,39,42-44,47-49H,3-28,30,32-36,38,40-41H2,1-2H3,(H,46,50)/b31-29+,39-37+. The zero-order valence-electron chi connectivity index (χ0n) is 33.5. The van der Waals surface area contributed by atoms with Crippen molar-refractivity contribution in [1.82, 2.24) is 5.32 Å². The van der Waals surface area contributed by atoms with E-state index in [2.05, 4.69) is 31.3 Å². The van der Waals surface area contributed by atoms with Crippen molar-refractivity contribution in [2.75, 3.05) is 6.61 Å². The highest BCUT2D eigenvalue weighted by atomic mass is 16.3. The molecule has 0 aliphatic carbocycles. The SMILES string of the molecule is CCCCCCCCCCCCCC/C=C/CC/C=C/C(O)C(CO)NC(=O)C(O)CCCCCCCCCCCCCCCCCCCC. The van der Waals surface area contributed by atoms with Crippen molar-refractivity contribution in [3.05, 3.63) is 24.3 Å². The quantitative estimate of drug-likeness (QED) is 0.0377. The van der Waals surface area contributed by atoms with Crippen molar-refractivity contribution >= 4 is 5.91 Å². The lowest BCUT2D eigenvalue weighted by molar-refractivity contribution is -0.131. The van der Waals surface area contributed by atoms with Gasteiger partial charge in [-0.25, -0.2) is 0 Å². The van der Waals surface area contributed by atoms with Crippen LogP contribution in [0.25, 0.3) is 0 Å². The van der Waals surface area contributed by atoms with Crippen molar-refractivity contribution < 1.29 is 20.1 Å². The lowest BCUT2D eigenvalue weighted by atomic mass is 10.0. The highest BCUT2D eigenvalue weighted by Crippen LogP contribution is 2.16. The first-order valence-electron chi connectivity index (χ1n) is 22.2. The molecule has 0 aliphatic rings. The molecular formula is C45H87NO4. The van der Waals surface area contributed by atoms with Gasteiger partial charge >= 0.3 is 0 Å². The fourth-order valence-electron chi connectivity index (χ4n) is 6.79. The number of aliphatic hydroxyl groups excluding tert-OH is 3. The molecule has 0 bridgehead atoms. The first-order chi connectivity index (χ1) is 24.6. The van der Waals surface area contributed by atoms with E-state index in [0.29, 0.717) is 6.42 Å². The smallest absolute Gasteiger partial charge is 0.249 e. The summed E-state index contributed by atoms with van der Waals surface area (Å²) in [5.41, 5.74) is 0. The molecule has 0 radical (unpaired) electrons. The number of aliphatic hydroxyl groups is 3. The van der Waals surface area contributed by atoms with E-state index in [1.807, 2.05) is 6.08 Å². The molecule has 296 valence electrons. The molecule has 3 unspecified atom stereocenters. The number of carbonyl (C=O) groups excluding carboxylic acids is 1. The molecule has 0 saturated carbocycles. The van der Waals surface area contributed by atoms with Crippen molar-refractivity contribution in [3.8, 4) is 0 Å². The van der Waals surface area contributed by atoms with Crippen LogP contribution in [-0.4, -0.2) is 46.1 Å². The summed E-state index contributed by atoms with van der Waals surface area (Å²) in [5, 5.41) is 33.1. The number of carbonyl (C=O) groups is 1. The van der Waals surface area contributed by atoms with Gasteiger partial charge in [-0.2, -0.15) is 0 Å². The van der Waals surface area contributed by atoms with Crippen molar-refractivity contribution in [3.63, 3.8) is 0 Å². The molecule has 3 atom stereocenters. The minimum absolute atomic E-state index is 0.373. The molecule has 1 amide bonds. The number of amides is 1. The van der Waals surface area contributed by atoms with Gasteiger partial charge in [-0.05, 0) is 32.1 Å². The van der Waals surface area contributed by atoms with Gasteiger partial charge in [-0.1, -0.05) is 224 Å². The molecule has 50 heavy (non-hydrogen) atoms. The van der Waals surface area contributed by atoms with E-state index in [-0.39, 0.29) is 6.61 Å². The predicted octanol–water partition coefficient (Wildman–Crippen LogP) is 12.6. The summed E-state index contributed by atoms with van der Waals surface area (Å²) < 4.78 is 0. The minimum atomic E-state index is -1.10. The third kappa shape index (κ3) is 35.2. The van der Waals surface area contributed by atoms with Gasteiger partial charge in [-0.15, -0.1) is 0 Å². The monoisotopic (exact) mass is 706 g/mol. The Morgan fingerprint density at radius 2 is 0.820 bits per heavy atom. The third-order valence-corrected chi connectivity index (χ3v) is 10.3. The first-order valence-corrected chi connectivity index (χ1v) is 22.2. The van der Waals surface area contributed by atoms with Gasteiger partial charge in [0.1, 0.15) is 6.10 Å². The molecule has 0 fully saturated rings. The van der Waals surface area contributed by atoms with Crippen LogP contribution in [0.4, 0.5) is 0 Å². The number of unbranched alkanes of at least 4 members (excludes halogenated alkanes) is 30. The summed E-state index contributed by atoms with van der Waals surface area (Å²) in [4.78, 5) is 12.5. The van der Waals surface area contributed by atoms with Gasteiger partial charge in [0.15, 0.2) is 0 Å². The fraction of sp³-hybridized carbons (Fsp3) is 0.889. The van der Waals surface area contributed by atoms with Crippen LogP contribution in [0.15, 0.2) is 24.3 Å². The Labute approximate surface area is 312 Å². The van der Waals surface area contributed by atoms with Gasteiger partial charge in [0.2, 0.25) is 5.91 Å². The zero-order valence-corrected chi connectivity index (χ0v) is 33.5. The van der Waals surface area contributed by atoms with Gasteiger partial charge in [-0.3, -0.25) is 4.79 Å². The van der Waals surface area contributed by atoms with Gasteiger partial charge in [0.25, 0.3) is 0 Å². The lowest BCUT2D eigenvalue weighted by Gasteiger charge is -2.21. The second kappa shape index (κ2) is 40.6. The molecule has 5 heteroatoms. The summed E-state index contributed by atoms with van der Waals surface area (Å²) >= 11 is 0. The van der Waals surface area contributed by atoms with Crippen LogP contribution in [0.1, 0.15) is 232 Å². The van der Waals surface area contributed by atoms with E-state index < -0.39 is 24.2 Å². The minimum Gasteiger partial charge on any atom is -0.394 e. The van der Waals surface area contributed by atoms with Crippen LogP contribution >= 0.6 is 0 Å². The van der Waals surface area contributed by atoms with E-state index >= 15 is 0 Å². The highest BCUT2D eigenvalue weighted by molar-refractivity contribution is 5.80. The van der Waals surface area contributed by atoms with Crippen molar-refractivity contribution in [2.45, 2.75) is 250 Å². The lowest BCUT2D eigenvalue weighted by Crippen LogP contribution is -2.48. The van der Waals surface area contributed by atoms with Crippen molar-refractivity contribution in [1.29, 1.82) is 0 Å². The maximum Gasteiger partial charge on any atom is 0.249 e. The second-order valence-corrected chi connectivity index (χ2v) is 15.3. The number of nitrogens with one attached hydrogen (secondary N) is 1. The first kappa shape index (κ1) is 48.8. The van der Waals surface area contributed by atoms with Crippen LogP contribution in [0.2, 0.25) is 0 Å². The molecule has 0 rings (SSSR count). The largest absolute Gasteiger partial charge is 0.394 e. The Kier molecular flexibility index (Phi) is 39.6. The zero-order chi connectivity index (χ0) is 36.6. The fourth-order valence-corrected chi connectivity index (χ4v) is 6.79. The molecule has 0 aromatic rings. The van der Waals surface area contributed by atoms with Crippen LogP contribution in [0, 0.1) is 0 Å². The van der Waals surface area contributed by atoms with Gasteiger partial charge < -0.3 is 20.6 Å². The molecular weight excluding hydrogens is 618 g/mol. The normalized spacial score (nSPS) is 13.8. The Morgan fingerprint density at radius 3 is 1.22 bits per heavy atom. The maximum absolute atomic E-state index is 12.5. The van der Waals surface area contributed by atoms with E-state index in [1.54, 1.807) is 6.08 Å². The number of hydrogen-bond acceptors (Lipinski definition) is 4. The molecule has 0 aliphatic heterocycles. The van der Waals surface area contributed by atoms with E-state index in [9.17, 15) is 20.1 Å². The predicted molar refractivity (Wildman–Crippen MR) is 218 cm³/mol. The van der Waals surface area contributed by atoms with Crippen LogP contribution < -0.4 is 5.32 Å². The Balaban J connectivity index is 3.69. The molecule has 0 heterocycles. The summed E-state index contributed by atoms with van der Waals surface area (Å²) in [7, 11) is 0. The summed E-state index contributed by atoms with van der Waals surface area (Å²) in [5.74, 6) is -0.510. The summed E-state index contributed by atoms with van der Waals surface area (Å²) in [6, 6.07) is -0.810. The average molecular weight is 706 g/mol. The summed E-state index contributed by atoms with van der Waals surface area (Å²) in [6.45, 7) is 4.18. The van der Waals surface area contributed by atoms with Crippen LogP contribution in [0.3, 0.4) is 0 Å². The number of allylic oxidation sites excluding steroid dienone is 3. The maximum atomic E-state index is 12.5. The van der Waals surface area contributed by atoms with E-state index in [1.165, 1.54) is 173 Å².